The molecule has 0 fully saturated rings. The van der Waals surface area contributed by atoms with Crippen molar-refractivity contribution in [2.75, 3.05) is 6.61 Å². The summed E-state index contributed by atoms with van der Waals surface area (Å²) in [4.78, 5) is 5.37. The van der Waals surface area contributed by atoms with E-state index in [1.165, 1.54) is 10.4 Å². The Morgan fingerprint density at radius 3 is 2.59 bits per heavy atom. The van der Waals surface area contributed by atoms with Crippen LogP contribution in [0.2, 0.25) is 0 Å². The monoisotopic (exact) mass is 247 g/mol. The van der Waals surface area contributed by atoms with Crippen LogP contribution in [0.5, 0.6) is 5.75 Å². The first-order valence-electron chi connectivity index (χ1n) is 5.83. The van der Waals surface area contributed by atoms with Crippen LogP contribution in [0.1, 0.15) is 24.3 Å². The van der Waals surface area contributed by atoms with Gasteiger partial charge in [0, 0.05) is 17.5 Å². The van der Waals surface area contributed by atoms with Gasteiger partial charge in [0.25, 0.3) is 0 Å². The molecule has 0 aliphatic carbocycles. The highest BCUT2D eigenvalue weighted by Gasteiger charge is 2.00. The second-order valence-corrected chi connectivity index (χ2v) is 5.46. The Morgan fingerprint density at radius 1 is 1.24 bits per heavy atom. The molecular formula is C14H17NOS. The van der Waals surface area contributed by atoms with Crippen molar-refractivity contribution in [3.63, 3.8) is 0 Å². The predicted molar refractivity (Wildman–Crippen MR) is 71.7 cm³/mol. The average Bonchev–Trinajstić information content (AvgIpc) is 2.81. The number of ether oxygens (including phenoxy) is 1. The zero-order valence-corrected chi connectivity index (χ0v) is 11.0. The zero-order chi connectivity index (χ0) is 12.1. The van der Waals surface area contributed by atoms with Crippen molar-refractivity contribution in [2.24, 2.45) is 5.92 Å². The molecule has 0 unspecified atom stereocenters. The highest BCUT2D eigenvalue weighted by Crippen LogP contribution is 2.17. The highest BCUT2D eigenvalue weighted by molar-refractivity contribution is 7.09. The highest BCUT2D eigenvalue weighted by atomic mass is 32.1. The van der Waals surface area contributed by atoms with Gasteiger partial charge in [-0.2, -0.15) is 0 Å². The van der Waals surface area contributed by atoms with E-state index in [-0.39, 0.29) is 0 Å². The summed E-state index contributed by atoms with van der Waals surface area (Å²) >= 11 is 1.69. The standard InChI is InChI=1S/C14H17NOS/c1-11(2)9-16-13-5-3-12(4-6-13)7-14-8-15-10-17-14/h3-6,8,10-11H,7,9H2,1-2H3. The molecule has 2 rings (SSSR count). The summed E-state index contributed by atoms with van der Waals surface area (Å²) in [6.07, 6.45) is 2.88. The molecule has 0 radical (unpaired) electrons. The van der Waals surface area contributed by atoms with Crippen LogP contribution in [-0.4, -0.2) is 11.6 Å². The number of aromatic nitrogens is 1. The van der Waals surface area contributed by atoms with E-state index in [1.54, 1.807) is 11.3 Å². The van der Waals surface area contributed by atoms with E-state index in [9.17, 15) is 0 Å². The average molecular weight is 247 g/mol. The fourth-order valence-electron chi connectivity index (χ4n) is 1.50. The number of hydrogen-bond donors (Lipinski definition) is 0. The summed E-state index contributed by atoms with van der Waals surface area (Å²) in [6.45, 7) is 5.07. The third-order valence-corrected chi connectivity index (χ3v) is 3.15. The summed E-state index contributed by atoms with van der Waals surface area (Å²) in [6, 6.07) is 8.32. The Hall–Kier alpha value is -1.35. The minimum Gasteiger partial charge on any atom is -0.493 e. The van der Waals surface area contributed by atoms with Crippen molar-refractivity contribution >= 4 is 11.3 Å². The second kappa shape index (κ2) is 5.82. The lowest BCUT2D eigenvalue weighted by Gasteiger charge is -2.08. The van der Waals surface area contributed by atoms with E-state index < -0.39 is 0 Å². The van der Waals surface area contributed by atoms with Crippen molar-refractivity contribution < 1.29 is 4.74 Å². The Bertz CT molecular complexity index is 434. The topological polar surface area (TPSA) is 22.1 Å². The fraction of sp³-hybridized carbons (Fsp3) is 0.357. The summed E-state index contributed by atoms with van der Waals surface area (Å²) < 4.78 is 5.65. The third kappa shape index (κ3) is 3.86. The Labute approximate surface area is 106 Å². The van der Waals surface area contributed by atoms with Gasteiger partial charge in [0.1, 0.15) is 5.75 Å². The maximum absolute atomic E-state index is 5.65. The summed E-state index contributed by atoms with van der Waals surface area (Å²) in [5.41, 5.74) is 3.17. The lowest BCUT2D eigenvalue weighted by atomic mass is 10.1. The lowest BCUT2D eigenvalue weighted by molar-refractivity contribution is 0.271. The van der Waals surface area contributed by atoms with E-state index in [4.69, 9.17) is 4.74 Å². The van der Waals surface area contributed by atoms with Crippen LogP contribution >= 0.6 is 11.3 Å². The maximum atomic E-state index is 5.65. The smallest absolute Gasteiger partial charge is 0.119 e. The van der Waals surface area contributed by atoms with Crippen LogP contribution in [-0.2, 0) is 6.42 Å². The zero-order valence-electron chi connectivity index (χ0n) is 10.2. The molecule has 0 spiro atoms. The van der Waals surface area contributed by atoms with Gasteiger partial charge in [-0.25, -0.2) is 0 Å². The molecule has 0 aliphatic heterocycles. The summed E-state index contributed by atoms with van der Waals surface area (Å²) in [5, 5.41) is 0. The Morgan fingerprint density at radius 2 is 2.00 bits per heavy atom. The second-order valence-electron chi connectivity index (χ2n) is 4.49. The van der Waals surface area contributed by atoms with E-state index in [2.05, 4.69) is 31.0 Å². The minimum atomic E-state index is 0.562. The minimum absolute atomic E-state index is 0.562. The molecule has 0 saturated heterocycles. The van der Waals surface area contributed by atoms with Crippen molar-refractivity contribution in [2.45, 2.75) is 20.3 Å². The van der Waals surface area contributed by atoms with Gasteiger partial charge in [0.15, 0.2) is 0 Å². The molecule has 17 heavy (non-hydrogen) atoms. The molecule has 2 aromatic rings. The lowest BCUT2D eigenvalue weighted by Crippen LogP contribution is -2.04. The molecular weight excluding hydrogens is 230 g/mol. The van der Waals surface area contributed by atoms with Gasteiger partial charge in [0.2, 0.25) is 0 Å². The van der Waals surface area contributed by atoms with Crippen LogP contribution in [0.4, 0.5) is 0 Å². The predicted octanol–water partition coefficient (Wildman–Crippen LogP) is 3.77. The van der Waals surface area contributed by atoms with Gasteiger partial charge in [-0.05, 0) is 23.6 Å². The van der Waals surface area contributed by atoms with Crippen LogP contribution < -0.4 is 4.74 Å². The van der Waals surface area contributed by atoms with Gasteiger partial charge >= 0.3 is 0 Å². The Balaban J connectivity index is 1.93. The number of rotatable bonds is 5. The van der Waals surface area contributed by atoms with Crippen LogP contribution in [0.25, 0.3) is 0 Å². The van der Waals surface area contributed by atoms with Crippen molar-refractivity contribution in [1.82, 2.24) is 4.98 Å². The summed E-state index contributed by atoms with van der Waals surface area (Å²) in [7, 11) is 0. The van der Waals surface area contributed by atoms with E-state index in [0.717, 1.165) is 18.8 Å². The quantitative estimate of drug-likeness (QED) is 0.802. The number of nitrogens with zero attached hydrogens (tertiary/aromatic N) is 1. The first-order valence-corrected chi connectivity index (χ1v) is 6.71. The third-order valence-electron chi connectivity index (χ3n) is 2.37. The maximum Gasteiger partial charge on any atom is 0.119 e. The first kappa shape index (κ1) is 12.1. The van der Waals surface area contributed by atoms with Gasteiger partial charge in [-0.3, -0.25) is 4.98 Å². The molecule has 0 saturated carbocycles. The molecule has 0 aliphatic rings. The SMILES string of the molecule is CC(C)COc1ccc(Cc2cncs2)cc1. The summed E-state index contributed by atoms with van der Waals surface area (Å²) in [5.74, 6) is 1.51. The molecule has 0 amide bonds. The van der Waals surface area contributed by atoms with Crippen LogP contribution in [0, 0.1) is 5.92 Å². The molecule has 3 heteroatoms. The van der Waals surface area contributed by atoms with E-state index in [0.29, 0.717) is 5.92 Å². The number of benzene rings is 1. The molecule has 90 valence electrons. The van der Waals surface area contributed by atoms with Gasteiger partial charge in [-0.15, -0.1) is 11.3 Å². The van der Waals surface area contributed by atoms with Gasteiger partial charge < -0.3 is 4.74 Å². The van der Waals surface area contributed by atoms with Crippen molar-refractivity contribution in [3.8, 4) is 5.75 Å². The molecule has 0 atom stereocenters. The normalized spacial score (nSPS) is 10.8. The molecule has 2 nitrogen and oxygen atoms in total. The van der Waals surface area contributed by atoms with Crippen molar-refractivity contribution in [3.05, 3.63) is 46.4 Å². The first-order chi connectivity index (χ1) is 8.24. The largest absolute Gasteiger partial charge is 0.493 e. The number of thiazole rings is 1. The molecule has 0 N–H and O–H groups in total. The Kier molecular flexibility index (Phi) is 4.15. The fourth-order valence-corrected chi connectivity index (χ4v) is 2.13. The van der Waals surface area contributed by atoms with E-state index >= 15 is 0 Å². The molecule has 1 heterocycles. The van der Waals surface area contributed by atoms with E-state index in [1.807, 2.05) is 23.8 Å². The van der Waals surface area contributed by atoms with Crippen LogP contribution in [0.3, 0.4) is 0 Å². The molecule has 1 aromatic carbocycles. The number of hydrogen-bond acceptors (Lipinski definition) is 3. The van der Waals surface area contributed by atoms with Crippen molar-refractivity contribution in [1.29, 1.82) is 0 Å². The molecule has 0 bridgehead atoms. The molecule has 1 aromatic heterocycles. The van der Waals surface area contributed by atoms with Gasteiger partial charge in [-0.1, -0.05) is 26.0 Å². The van der Waals surface area contributed by atoms with Gasteiger partial charge in [0.05, 0.1) is 12.1 Å². The van der Waals surface area contributed by atoms with Crippen LogP contribution in [0.15, 0.2) is 36.0 Å².